The smallest absolute Gasteiger partial charge is 0.225 e. The molecule has 1 saturated carbocycles. The number of amides is 1. The van der Waals surface area contributed by atoms with Crippen molar-refractivity contribution in [2.24, 2.45) is 5.92 Å². The van der Waals surface area contributed by atoms with Crippen molar-refractivity contribution in [2.75, 3.05) is 18.0 Å². The first-order valence-electron chi connectivity index (χ1n) is 9.95. The zero-order valence-corrected chi connectivity index (χ0v) is 15.5. The summed E-state index contributed by atoms with van der Waals surface area (Å²) in [5.41, 5.74) is 0.755. The van der Waals surface area contributed by atoms with E-state index in [1.807, 2.05) is 19.1 Å². The summed E-state index contributed by atoms with van der Waals surface area (Å²) in [4.78, 5) is 15.0. The number of aromatic nitrogens is 4. The maximum atomic E-state index is 12.8. The minimum Gasteiger partial charge on any atom is -0.354 e. The topological polar surface area (TPSA) is 75.4 Å². The van der Waals surface area contributed by atoms with E-state index < -0.39 is 0 Å². The van der Waals surface area contributed by atoms with Gasteiger partial charge in [0.2, 0.25) is 5.91 Å². The van der Waals surface area contributed by atoms with Gasteiger partial charge in [-0.05, 0) is 44.7 Å². The van der Waals surface area contributed by atoms with Gasteiger partial charge in [0.1, 0.15) is 5.82 Å². The van der Waals surface area contributed by atoms with E-state index in [-0.39, 0.29) is 11.8 Å². The van der Waals surface area contributed by atoms with Gasteiger partial charge in [-0.1, -0.05) is 25.7 Å². The predicted octanol–water partition coefficient (Wildman–Crippen LogP) is 2.49. The Morgan fingerprint density at radius 3 is 2.69 bits per heavy atom. The van der Waals surface area contributed by atoms with E-state index in [0.717, 1.165) is 56.1 Å². The minimum atomic E-state index is 0.0477. The lowest BCUT2D eigenvalue weighted by atomic mass is 9.96. The Bertz CT molecular complexity index is 764. The highest BCUT2D eigenvalue weighted by Crippen LogP contribution is 2.23. The molecule has 0 unspecified atom stereocenters. The molecule has 140 valence electrons. The van der Waals surface area contributed by atoms with Crippen LogP contribution in [0.15, 0.2) is 12.1 Å². The highest BCUT2D eigenvalue weighted by molar-refractivity contribution is 5.79. The van der Waals surface area contributed by atoms with Crippen LogP contribution in [0.1, 0.15) is 57.2 Å². The molecule has 7 heteroatoms. The Labute approximate surface area is 154 Å². The highest BCUT2D eigenvalue weighted by atomic mass is 16.2. The van der Waals surface area contributed by atoms with Crippen LogP contribution >= 0.6 is 0 Å². The fraction of sp³-hybridized carbons (Fsp3) is 0.684. The predicted molar refractivity (Wildman–Crippen MR) is 100 cm³/mol. The number of hydrogen-bond donors (Lipinski definition) is 1. The standard InChI is InChI=1S/C19H28N6O/c1-14-21-22-17-10-11-18(23-25(14)17)24-12-6-7-15(13-24)19(26)20-16-8-4-2-3-5-9-16/h10-11,15-16H,2-9,12-13H2,1H3,(H,20,26)/t15-/m0/s1. The molecule has 1 aliphatic heterocycles. The molecular formula is C19H28N6O. The summed E-state index contributed by atoms with van der Waals surface area (Å²) in [5.74, 6) is 1.95. The Hall–Kier alpha value is -2.18. The summed E-state index contributed by atoms with van der Waals surface area (Å²) < 4.78 is 1.77. The van der Waals surface area contributed by atoms with Gasteiger partial charge in [0, 0.05) is 19.1 Å². The number of carbonyl (C=O) groups excluding carboxylic acids is 1. The van der Waals surface area contributed by atoms with Crippen LogP contribution in [0.2, 0.25) is 0 Å². The molecule has 1 N–H and O–H groups in total. The zero-order chi connectivity index (χ0) is 17.9. The van der Waals surface area contributed by atoms with Crippen LogP contribution in [-0.2, 0) is 4.79 Å². The van der Waals surface area contributed by atoms with Gasteiger partial charge in [-0.15, -0.1) is 15.3 Å². The molecule has 3 heterocycles. The molecular weight excluding hydrogens is 328 g/mol. The van der Waals surface area contributed by atoms with Gasteiger partial charge >= 0.3 is 0 Å². The monoisotopic (exact) mass is 356 g/mol. The van der Waals surface area contributed by atoms with Crippen molar-refractivity contribution in [1.29, 1.82) is 0 Å². The normalized spacial score (nSPS) is 22.3. The molecule has 0 radical (unpaired) electrons. The Morgan fingerprint density at radius 2 is 1.88 bits per heavy atom. The third kappa shape index (κ3) is 3.66. The van der Waals surface area contributed by atoms with Gasteiger partial charge < -0.3 is 10.2 Å². The highest BCUT2D eigenvalue weighted by Gasteiger charge is 2.28. The van der Waals surface area contributed by atoms with Gasteiger partial charge in [0.15, 0.2) is 11.5 Å². The maximum absolute atomic E-state index is 12.8. The van der Waals surface area contributed by atoms with Crippen LogP contribution in [0, 0.1) is 12.8 Å². The van der Waals surface area contributed by atoms with E-state index in [1.165, 1.54) is 25.7 Å². The fourth-order valence-corrected chi connectivity index (χ4v) is 4.20. The van der Waals surface area contributed by atoms with Crippen molar-refractivity contribution in [3.8, 4) is 0 Å². The zero-order valence-electron chi connectivity index (χ0n) is 15.5. The summed E-state index contributed by atoms with van der Waals surface area (Å²) in [5, 5.41) is 16.1. The van der Waals surface area contributed by atoms with E-state index in [2.05, 4.69) is 25.5 Å². The lowest BCUT2D eigenvalue weighted by Crippen LogP contribution is -2.46. The summed E-state index contributed by atoms with van der Waals surface area (Å²) in [6, 6.07) is 4.29. The molecule has 1 saturated heterocycles. The van der Waals surface area contributed by atoms with Crippen molar-refractivity contribution < 1.29 is 4.79 Å². The molecule has 2 aromatic heterocycles. The second-order valence-electron chi connectivity index (χ2n) is 7.69. The number of fused-ring (bicyclic) bond motifs is 1. The minimum absolute atomic E-state index is 0.0477. The van der Waals surface area contributed by atoms with Crippen LogP contribution in [-0.4, -0.2) is 44.8 Å². The van der Waals surface area contributed by atoms with Crippen LogP contribution in [0.25, 0.3) is 5.65 Å². The average molecular weight is 356 g/mol. The largest absolute Gasteiger partial charge is 0.354 e. The van der Waals surface area contributed by atoms with Gasteiger partial charge in [0.05, 0.1) is 5.92 Å². The van der Waals surface area contributed by atoms with Gasteiger partial charge in [-0.2, -0.15) is 4.52 Å². The Morgan fingerprint density at radius 1 is 1.08 bits per heavy atom. The third-order valence-corrected chi connectivity index (χ3v) is 5.72. The summed E-state index contributed by atoms with van der Waals surface area (Å²) >= 11 is 0. The van der Waals surface area contributed by atoms with Crippen LogP contribution in [0.3, 0.4) is 0 Å². The molecule has 4 rings (SSSR count). The first-order chi connectivity index (χ1) is 12.7. The Balaban J connectivity index is 1.42. The molecule has 0 bridgehead atoms. The quantitative estimate of drug-likeness (QED) is 0.855. The molecule has 1 atom stereocenters. The van der Waals surface area contributed by atoms with Gasteiger partial charge in [0.25, 0.3) is 0 Å². The molecule has 0 spiro atoms. The molecule has 26 heavy (non-hydrogen) atoms. The molecule has 1 amide bonds. The SMILES string of the molecule is Cc1nnc2ccc(N3CCC[C@H](C(=O)NC4CCCCCC4)C3)nn12. The third-order valence-electron chi connectivity index (χ3n) is 5.72. The molecule has 2 aliphatic rings. The van der Waals surface area contributed by atoms with Gasteiger partial charge in [-0.25, -0.2) is 0 Å². The molecule has 2 fully saturated rings. The van der Waals surface area contributed by atoms with E-state index in [4.69, 9.17) is 0 Å². The van der Waals surface area contributed by atoms with E-state index in [0.29, 0.717) is 6.04 Å². The number of nitrogens with one attached hydrogen (secondary N) is 1. The van der Waals surface area contributed by atoms with Gasteiger partial charge in [-0.3, -0.25) is 4.79 Å². The Kier molecular flexibility index (Phi) is 5.04. The number of carbonyl (C=O) groups is 1. The lowest BCUT2D eigenvalue weighted by molar-refractivity contribution is -0.126. The van der Waals surface area contributed by atoms with Crippen molar-refractivity contribution in [3.63, 3.8) is 0 Å². The number of piperidine rings is 1. The number of hydrogen-bond acceptors (Lipinski definition) is 5. The summed E-state index contributed by atoms with van der Waals surface area (Å²) in [6.45, 7) is 3.57. The van der Waals surface area contributed by atoms with Crippen molar-refractivity contribution in [1.82, 2.24) is 25.1 Å². The maximum Gasteiger partial charge on any atom is 0.225 e. The van der Waals surface area contributed by atoms with Crippen LogP contribution in [0.5, 0.6) is 0 Å². The molecule has 1 aliphatic carbocycles. The first kappa shape index (κ1) is 17.2. The fourth-order valence-electron chi connectivity index (χ4n) is 4.20. The van der Waals surface area contributed by atoms with E-state index in [9.17, 15) is 4.79 Å². The molecule has 7 nitrogen and oxygen atoms in total. The second-order valence-corrected chi connectivity index (χ2v) is 7.69. The van der Waals surface area contributed by atoms with Crippen molar-refractivity contribution >= 4 is 17.4 Å². The molecule has 2 aromatic rings. The summed E-state index contributed by atoms with van der Waals surface area (Å²) in [6.07, 6.45) is 9.33. The van der Waals surface area contributed by atoms with E-state index in [1.54, 1.807) is 4.52 Å². The second kappa shape index (κ2) is 7.60. The van der Waals surface area contributed by atoms with Crippen LogP contribution in [0.4, 0.5) is 5.82 Å². The first-order valence-corrected chi connectivity index (χ1v) is 9.95. The number of nitrogens with zero attached hydrogens (tertiary/aromatic N) is 5. The number of anilines is 1. The summed E-state index contributed by atoms with van der Waals surface area (Å²) in [7, 11) is 0. The van der Waals surface area contributed by atoms with Crippen molar-refractivity contribution in [3.05, 3.63) is 18.0 Å². The number of aryl methyl sites for hydroxylation is 1. The number of rotatable bonds is 3. The lowest BCUT2D eigenvalue weighted by Gasteiger charge is -2.33. The van der Waals surface area contributed by atoms with E-state index >= 15 is 0 Å². The average Bonchev–Trinajstić information content (AvgIpc) is 2.87. The van der Waals surface area contributed by atoms with Crippen molar-refractivity contribution in [2.45, 2.75) is 64.3 Å². The van der Waals surface area contributed by atoms with Crippen LogP contribution < -0.4 is 10.2 Å². The molecule has 0 aromatic carbocycles.